The zero-order valence-electron chi connectivity index (χ0n) is 12.6. The first-order valence-electron chi connectivity index (χ1n) is 8.08. The molecule has 2 aliphatic rings. The summed E-state index contributed by atoms with van der Waals surface area (Å²) < 4.78 is 3.02. The molecule has 3 rings (SSSR count). The molecule has 3 heterocycles. The van der Waals surface area contributed by atoms with E-state index in [2.05, 4.69) is 33.1 Å². The third-order valence-corrected chi connectivity index (χ3v) is 5.15. The molecular weight excluding hydrogens is 330 g/mol. The molecule has 4 nitrogen and oxygen atoms in total. The van der Waals surface area contributed by atoms with E-state index < -0.39 is 0 Å². The standard InChI is InChI=1S/C16H24BrN3O/c1-2-6-20-11-12(17)9-15(20)16(21)18-13-5-8-19-7-3-4-14(19)10-13/h9,11,13-14H,2-8,10H2,1H3,(H,18,21). The molecule has 1 aromatic heterocycles. The van der Waals surface area contributed by atoms with E-state index in [0.29, 0.717) is 12.1 Å². The van der Waals surface area contributed by atoms with Crippen molar-refractivity contribution in [1.82, 2.24) is 14.8 Å². The number of aryl methyl sites for hydroxylation is 1. The van der Waals surface area contributed by atoms with Gasteiger partial charge in [-0.05, 0) is 60.6 Å². The Morgan fingerprint density at radius 2 is 2.29 bits per heavy atom. The highest BCUT2D eigenvalue weighted by Gasteiger charge is 2.32. The van der Waals surface area contributed by atoms with E-state index in [9.17, 15) is 4.79 Å². The van der Waals surface area contributed by atoms with Gasteiger partial charge in [-0.3, -0.25) is 4.79 Å². The molecule has 2 saturated heterocycles. The molecule has 0 spiro atoms. The fraction of sp³-hybridized carbons (Fsp3) is 0.688. The lowest BCUT2D eigenvalue weighted by atomic mass is 9.97. The molecule has 1 aromatic rings. The maximum absolute atomic E-state index is 12.5. The van der Waals surface area contributed by atoms with Crippen LogP contribution in [0.1, 0.15) is 49.5 Å². The molecule has 21 heavy (non-hydrogen) atoms. The first-order chi connectivity index (χ1) is 10.2. The van der Waals surface area contributed by atoms with Gasteiger partial charge >= 0.3 is 0 Å². The lowest BCUT2D eigenvalue weighted by Gasteiger charge is -2.35. The summed E-state index contributed by atoms with van der Waals surface area (Å²) in [6, 6.07) is 2.95. The Hall–Kier alpha value is -0.810. The highest BCUT2D eigenvalue weighted by atomic mass is 79.9. The molecule has 2 unspecified atom stereocenters. The Morgan fingerprint density at radius 3 is 3.10 bits per heavy atom. The fourth-order valence-electron chi connectivity index (χ4n) is 3.71. The molecule has 1 amide bonds. The quantitative estimate of drug-likeness (QED) is 0.903. The summed E-state index contributed by atoms with van der Waals surface area (Å²) in [5.74, 6) is 0.0746. The number of aromatic nitrogens is 1. The summed E-state index contributed by atoms with van der Waals surface area (Å²) in [5.41, 5.74) is 0.776. The van der Waals surface area contributed by atoms with Gasteiger partial charge in [0.1, 0.15) is 5.69 Å². The van der Waals surface area contributed by atoms with Crippen LogP contribution in [0.3, 0.4) is 0 Å². The van der Waals surface area contributed by atoms with E-state index in [1.807, 2.05) is 16.8 Å². The average Bonchev–Trinajstić information content (AvgIpc) is 3.05. The Bertz CT molecular complexity index is 514. The number of nitrogens with one attached hydrogen (secondary N) is 1. The number of halogens is 1. The van der Waals surface area contributed by atoms with Crippen molar-refractivity contribution in [2.75, 3.05) is 13.1 Å². The minimum Gasteiger partial charge on any atom is -0.348 e. The summed E-state index contributed by atoms with van der Waals surface area (Å²) in [4.78, 5) is 15.1. The summed E-state index contributed by atoms with van der Waals surface area (Å²) >= 11 is 3.48. The van der Waals surface area contributed by atoms with Crippen LogP contribution in [-0.2, 0) is 6.54 Å². The molecule has 2 aliphatic heterocycles. The van der Waals surface area contributed by atoms with Gasteiger partial charge in [0, 0.05) is 35.8 Å². The molecule has 0 bridgehead atoms. The van der Waals surface area contributed by atoms with Crippen molar-refractivity contribution in [2.24, 2.45) is 0 Å². The minimum absolute atomic E-state index is 0.0746. The first-order valence-corrected chi connectivity index (χ1v) is 8.87. The number of amides is 1. The van der Waals surface area contributed by atoms with Crippen molar-refractivity contribution >= 4 is 21.8 Å². The normalized spacial score (nSPS) is 25.8. The number of fused-ring (bicyclic) bond motifs is 1. The van der Waals surface area contributed by atoms with Gasteiger partial charge in [0.05, 0.1) is 0 Å². The van der Waals surface area contributed by atoms with Crippen LogP contribution >= 0.6 is 15.9 Å². The molecule has 1 N–H and O–H groups in total. The van der Waals surface area contributed by atoms with Crippen LogP contribution in [0.25, 0.3) is 0 Å². The maximum atomic E-state index is 12.5. The van der Waals surface area contributed by atoms with Crippen LogP contribution in [0.5, 0.6) is 0 Å². The fourth-order valence-corrected chi connectivity index (χ4v) is 4.17. The van der Waals surface area contributed by atoms with Crippen molar-refractivity contribution in [2.45, 2.75) is 57.7 Å². The zero-order chi connectivity index (χ0) is 14.8. The third kappa shape index (κ3) is 3.34. The summed E-state index contributed by atoms with van der Waals surface area (Å²) in [5, 5.41) is 3.25. The SMILES string of the molecule is CCCn1cc(Br)cc1C(=O)NC1CCN2CCCC2C1. The molecule has 5 heteroatoms. The lowest BCUT2D eigenvalue weighted by Crippen LogP contribution is -2.47. The van der Waals surface area contributed by atoms with Gasteiger partial charge in [0.25, 0.3) is 5.91 Å². The minimum atomic E-state index is 0.0746. The highest BCUT2D eigenvalue weighted by molar-refractivity contribution is 9.10. The number of rotatable bonds is 4. The Kier molecular flexibility index (Phi) is 4.69. The van der Waals surface area contributed by atoms with E-state index in [4.69, 9.17) is 0 Å². The van der Waals surface area contributed by atoms with Gasteiger partial charge in [0.2, 0.25) is 0 Å². The average molecular weight is 354 g/mol. The molecule has 2 fully saturated rings. The number of hydrogen-bond acceptors (Lipinski definition) is 2. The molecule has 0 radical (unpaired) electrons. The Labute approximate surface area is 135 Å². The number of carbonyl (C=O) groups is 1. The van der Waals surface area contributed by atoms with E-state index in [0.717, 1.165) is 42.5 Å². The van der Waals surface area contributed by atoms with Crippen molar-refractivity contribution in [3.05, 3.63) is 22.4 Å². The summed E-state index contributed by atoms with van der Waals surface area (Å²) in [7, 11) is 0. The molecule has 0 aromatic carbocycles. The molecule has 116 valence electrons. The van der Waals surface area contributed by atoms with Crippen molar-refractivity contribution in [1.29, 1.82) is 0 Å². The predicted octanol–water partition coefficient (Wildman–Crippen LogP) is 3.02. The van der Waals surface area contributed by atoms with Crippen molar-refractivity contribution in [3.8, 4) is 0 Å². The van der Waals surface area contributed by atoms with Crippen LogP contribution in [-0.4, -0.2) is 40.5 Å². The van der Waals surface area contributed by atoms with Gasteiger partial charge in [-0.15, -0.1) is 0 Å². The van der Waals surface area contributed by atoms with Crippen LogP contribution in [0.15, 0.2) is 16.7 Å². The summed E-state index contributed by atoms with van der Waals surface area (Å²) in [6.07, 6.45) is 7.83. The number of piperidine rings is 1. The monoisotopic (exact) mass is 353 g/mol. The molecule has 2 atom stereocenters. The molecule has 0 aliphatic carbocycles. The van der Waals surface area contributed by atoms with Crippen LogP contribution in [0.2, 0.25) is 0 Å². The number of carbonyl (C=O) groups excluding carboxylic acids is 1. The predicted molar refractivity (Wildman–Crippen MR) is 87.5 cm³/mol. The van der Waals surface area contributed by atoms with Gasteiger partial charge < -0.3 is 14.8 Å². The third-order valence-electron chi connectivity index (χ3n) is 4.72. The zero-order valence-corrected chi connectivity index (χ0v) is 14.2. The van der Waals surface area contributed by atoms with Gasteiger partial charge in [0.15, 0.2) is 0 Å². The van der Waals surface area contributed by atoms with E-state index >= 15 is 0 Å². The van der Waals surface area contributed by atoms with E-state index in [-0.39, 0.29) is 5.91 Å². The van der Waals surface area contributed by atoms with Crippen LogP contribution < -0.4 is 5.32 Å². The molecular formula is C16H24BrN3O. The van der Waals surface area contributed by atoms with Crippen LogP contribution in [0.4, 0.5) is 0 Å². The number of hydrogen-bond donors (Lipinski definition) is 1. The van der Waals surface area contributed by atoms with E-state index in [1.54, 1.807) is 0 Å². The topological polar surface area (TPSA) is 37.3 Å². The Balaban J connectivity index is 1.63. The number of nitrogens with zero attached hydrogens (tertiary/aromatic N) is 2. The van der Waals surface area contributed by atoms with Crippen LogP contribution in [0, 0.1) is 0 Å². The van der Waals surface area contributed by atoms with Gasteiger partial charge in [-0.1, -0.05) is 6.92 Å². The highest BCUT2D eigenvalue weighted by Crippen LogP contribution is 2.27. The first kappa shape index (κ1) is 15.1. The maximum Gasteiger partial charge on any atom is 0.268 e. The second-order valence-electron chi connectivity index (χ2n) is 6.26. The van der Waals surface area contributed by atoms with E-state index in [1.165, 1.54) is 19.4 Å². The summed E-state index contributed by atoms with van der Waals surface area (Å²) in [6.45, 7) is 5.40. The smallest absolute Gasteiger partial charge is 0.268 e. The Morgan fingerprint density at radius 1 is 1.43 bits per heavy atom. The van der Waals surface area contributed by atoms with Crippen molar-refractivity contribution in [3.63, 3.8) is 0 Å². The molecule has 0 saturated carbocycles. The van der Waals surface area contributed by atoms with Gasteiger partial charge in [-0.25, -0.2) is 0 Å². The lowest BCUT2D eigenvalue weighted by molar-refractivity contribution is 0.0887. The van der Waals surface area contributed by atoms with Crippen molar-refractivity contribution < 1.29 is 4.79 Å². The van der Waals surface area contributed by atoms with Gasteiger partial charge in [-0.2, -0.15) is 0 Å². The second-order valence-corrected chi connectivity index (χ2v) is 7.18. The largest absolute Gasteiger partial charge is 0.348 e. The second kappa shape index (κ2) is 6.53.